The van der Waals surface area contributed by atoms with Gasteiger partial charge in [-0.05, 0) is 41.5 Å². The first-order valence-electron chi connectivity index (χ1n) is 9.22. The maximum atomic E-state index is 12.7. The predicted molar refractivity (Wildman–Crippen MR) is 108 cm³/mol. The summed E-state index contributed by atoms with van der Waals surface area (Å²) in [6.45, 7) is 0.532. The lowest BCUT2D eigenvalue weighted by atomic mass is 10.1. The van der Waals surface area contributed by atoms with Crippen molar-refractivity contribution in [1.29, 1.82) is 0 Å². The number of ether oxygens (including phenoxy) is 1. The molecule has 0 radical (unpaired) electrons. The van der Waals surface area contributed by atoms with Crippen LogP contribution in [0.4, 0.5) is 0 Å². The van der Waals surface area contributed by atoms with Gasteiger partial charge in [-0.3, -0.25) is 4.79 Å². The zero-order valence-electron chi connectivity index (χ0n) is 15.3. The molecule has 0 aliphatic carbocycles. The van der Waals surface area contributed by atoms with Crippen molar-refractivity contribution in [2.45, 2.75) is 16.6 Å². The Hall–Kier alpha value is -2.86. The summed E-state index contributed by atoms with van der Waals surface area (Å²) in [7, 11) is -3.43. The van der Waals surface area contributed by atoms with Crippen LogP contribution in [0, 0.1) is 0 Å². The molecule has 28 heavy (non-hydrogen) atoms. The van der Waals surface area contributed by atoms with Crippen LogP contribution in [-0.2, 0) is 14.6 Å². The van der Waals surface area contributed by atoms with E-state index in [2.05, 4.69) is 0 Å². The summed E-state index contributed by atoms with van der Waals surface area (Å²) in [5.41, 5.74) is 0. The van der Waals surface area contributed by atoms with Crippen LogP contribution < -0.4 is 4.74 Å². The Labute approximate surface area is 164 Å². The average molecular weight is 395 g/mol. The smallest absolute Gasteiger partial charge is 0.260 e. The highest BCUT2D eigenvalue weighted by molar-refractivity contribution is 7.92. The van der Waals surface area contributed by atoms with Gasteiger partial charge in [0.25, 0.3) is 5.91 Å². The van der Waals surface area contributed by atoms with Gasteiger partial charge < -0.3 is 9.64 Å². The van der Waals surface area contributed by atoms with Gasteiger partial charge in [0.15, 0.2) is 16.4 Å². The molecule has 1 heterocycles. The van der Waals surface area contributed by atoms with Crippen molar-refractivity contribution in [3.63, 3.8) is 0 Å². The number of amides is 1. The predicted octanol–water partition coefficient (Wildman–Crippen LogP) is 3.29. The summed E-state index contributed by atoms with van der Waals surface area (Å²) in [5.74, 6) is 0.429. The number of hydrogen-bond acceptors (Lipinski definition) is 4. The van der Waals surface area contributed by atoms with Gasteiger partial charge in [0.1, 0.15) is 5.75 Å². The van der Waals surface area contributed by atoms with Crippen LogP contribution in [0.25, 0.3) is 10.8 Å². The molecule has 0 saturated carbocycles. The van der Waals surface area contributed by atoms with Crippen LogP contribution in [0.2, 0.25) is 0 Å². The molecule has 3 aromatic rings. The van der Waals surface area contributed by atoms with Gasteiger partial charge >= 0.3 is 0 Å². The van der Waals surface area contributed by atoms with E-state index >= 15 is 0 Å². The number of hydrogen-bond donors (Lipinski definition) is 0. The molecule has 3 aromatic carbocycles. The largest absolute Gasteiger partial charge is 0.484 e. The molecule has 4 rings (SSSR count). The molecule has 144 valence electrons. The van der Waals surface area contributed by atoms with Crippen LogP contribution in [0.3, 0.4) is 0 Å². The monoisotopic (exact) mass is 395 g/mol. The SMILES string of the molecule is O=C(COc1ccc2ccccc2c1)N1CCC(S(=O)(=O)c2ccccc2)C1. The van der Waals surface area contributed by atoms with Crippen molar-refractivity contribution in [3.05, 3.63) is 72.8 Å². The quantitative estimate of drug-likeness (QED) is 0.665. The number of likely N-dealkylation sites (tertiary alicyclic amines) is 1. The Morgan fingerprint density at radius 2 is 1.68 bits per heavy atom. The topological polar surface area (TPSA) is 63.7 Å². The van der Waals surface area contributed by atoms with E-state index in [1.807, 2.05) is 42.5 Å². The van der Waals surface area contributed by atoms with Gasteiger partial charge in [-0.1, -0.05) is 48.5 Å². The number of sulfone groups is 1. The maximum absolute atomic E-state index is 12.7. The Kier molecular flexibility index (Phi) is 5.05. The molecule has 1 fully saturated rings. The van der Waals surface area contributed by atoms with Gasteiger partial charge in [0, 0.05) is 13.1 Å². The molecule has 1 unspecified atom stereocenters. The van der Waals surface area contributed by atoms with E-state index in [1.54, 1.807) is 35.2 Å². The van der Waals surface area contributed by atoms with E-state index in [1.165, 1.54) is 0 Å². The van der Waals surface area contributed by atoms with Crippen molar-refractivity contribution >= 4 is 26.5 Å². The molecule has 1 atom stereocenters. The van der Waals surface area contributed by atoms with Gasteiger partial charge in [-0.15, -0.1) is 0 Å². The summed E-state index contributed by atoms with van der Waals surface area (Å²) < 4.78 is 31.1. The van der Waals surface area contributed by atoms with E-state index < -0.39 is 15.1 Å². The summed E-state index contributed by atoms with van der Waals surface area (Å²) in [5, 5.41) is 1.58. The van der Waals surface area contributed by atoms with Crippen LogP contribution >= 0.6 is 0 Å². The Morgan fingerprint density at radius 1 is 0.964 bits per heavy atom. The second-order valence-electron chi connectivity index (χ2n) is 6.91. The van der Waals surface area contributed by atoms with Crippen molar-refractivity contribution in [1.82, 2.24) is 4.90 Å². The molecule has 0 N–H and O–H groups in total. The summed E-state index contributed by atoms with van der Waals surface area (Å²) in [6, 6.07) is 22.0. The minimum absolute atomic E-state index is 0.101. The maximum Gasteiger partial charge on any atom is 0.260 e. The van der Waals surface area contributed by atoms with Gasteiger partial charge in [0.05, 0.1) is 10.1 Å². The summed E-state index contributed by atoms with van der Waals surface area (Å²) >= 11 is 0. The second kappa shape index (κ2) is 7.64. The zero-order chi connectivity index (χ0) is 19.6. The minimum atomic E-state index is -3.43. The molecule has 1 aliphatic heterocycles. The standard InChI is InChI=1S/C22H21NO4S/c24-22(16-27-19-11-10-17-6-4-5-7-18(17)14-19)23-13-12-21(15-23)28(25,26)20-8-2-1-3-9-20/h1-11,14,21H,12-13,15-16H2. The molecule has 0 aromatic heterocycles. The zero-order valence-corrected chi connectivity index (χ0v) is 16.1. The highest BCUT2D eigenvalue weighted by Gasteiger charge is 2.36. The molecule has 5 nitrogen and oxygen atoms in total. The normalized spacial score (nSPS) is 17.0. The van der Waals surface area contributed by atoms with Crippen molar-refractivity contribution in [2.24, 2.45) is 0 Å². The fraction of sp³-hybridized carbons (Fsp3) is 0.227. The van der Waals surface area contributed by atoms with Crippen LogP contribution in [0.15, 0.2) is 77.7 Å². The van der Waals surface area contributed by atoms with Crippen molar-refractivity contribution in [3.8, 4) is 5.75 Å². The van der Waals surface area contributed by atoms with E-state index in [4.69, 9.17) is 4.74 Å². The van der Waals surface area contributed by atoms with Crippen molar-refractivity contribution < 1.29 is 17.9 Å². The number of benzene rings is 3. The lowest BCUT2D eigenvalue weighted by Gasteiger charge is -2.17. The second-order valence-corrected chi connectivity index (χ2v) is 9.13. The Morgan fingerprint density at radius 3 is 2.46 bits per heavy atom. The summed E-state index contributed by atoms with van der Waals surface area (Å²) in [4.78, 5) is 14.4. The molecule has 1 amide bonds. The first-order valence-corrected chi connectivity index (χ1v) is 10.8. The van der Waals surface area contributed by atoms with Crippen LogP contribution in [0.1, 0.15) is 6.42 Å². The molecule has 0 bridgehead atoms. The molecule has 0 spiro atoms. The highest BCUT2D eigenvalue weighted by atomic mass is 32.2. The lowest BCUT2D eigenvalue weighted by molar-refractivity contribution is -0.132. The van der Waals surface area contributed by atoms with E-state index in [0.29, 0.717) is 23.6 Å². The van der Waals surface area contributed by atoms with E-state index in [9.17, 15) is 13.2 Å². The highest BCUT2D eigenvalue weighted by Crippen LogP contribution is 2.24. The molecular weight excluding hydrogens is 374 g/mol. The van der Waals surface area contributed by atoms with Crippen LogP contribution in [-0.4, -0.2) is 44.2 Å². The Bertz CT molecular complexity index is 1100. The Balaban J connectivity index is 1.38. The fourth-order valence-corrected chi connectivity index (χ4v) is 5.22. The van der Waals surface area contributed by atoms with E-state index in [0.717, 1.165) is 10.8 Å². The average Bonchev–Trinajstić information content (AvgIpc) is 3.24. The first kappa shape index (κ1) is 18.5. The molecule has 6 heteroatoms. The molecule has 1 saturated heterocycles. The van der Waals surface area contributed by atoms with Gasteiger partial charge in [-0.2, -0.15) is 0 Å². The van der Waals surface area contributed by atoms with Gasteiger partial charge in [0.2, 0.25) is 0 Å². The fourth-order valence-electron chi connectivity index (χ4n) is 3.50. The number of rotatable bonds is 5. The number of nitrogens with zero attached hydrogens (tertiary/aromatic N) is 1. The third kappa shape index (κ3) is 3.73. The lowest BCUT2D eigenvalue weighted by Crippen LogP contribution is -2.35. The summed E-state index contributed by atoms with van der Waals surface area (Å²) in [6.07, 6.45) is 0.443. The number of carbonyl (C=O) groups is 1. The third-order valence-corrected chi connectivity index (χ3v) is 7.28. The number of fused-ring (bicyclic) bond motifs is 1. The molecular formula is C22H21NO4S. The third-order valence-electron chi connectivity index (χ3n) is 5.09. The van der Waals surface area contributed by atoms with Crippen molar-refractivity contribution in [2.75, 3.05) is 19.7 Å². The van der Waals surface area contributed by atoms with Gasteiger partial charge in [-0.25, -0.2) is 8.42 Å². The molecule has 1 aliphatic rings. The first-order chi connectivity index (χ1) is 13.5. The van der Waals surface area contributed by atoms with E-state index in [-0.39, 0.29) is 19.1 Å². The number of carbonyl (C=O) groups excluding carboxylic acids is 1. The minimum Gasteiger partial charge on any atom is -0.484 e. The van der Waals surface area contributed by atoms with Crippen LogP contribution in [0.5, 0.6) is 5.75 Å².